The normalized spacial score (nSPS) is 11.7. The number of ether oxygens (including phenoxy) is 2. The van der Waals surface area contributed by atoms with Crippen LogP contribution in [0.5, 0.6) is 11.5 Å². The summed E-state index contributed by atoms with van der Waals surface area (Å²) < 4.78 is 11.9. The molecule has 5 nitrogen and oxygen atoms in total. The first-order valence-electron chi connectivity index (χ1n) is 11.2. The largest absolute Gasteiger partial charge is 0.489 e. The predicted molar refractivity (Wildman–Crippen MR) is 143 cm³/mol. The van der Waals surface area contributed by atoms with Gasteiger partial charge in [0, 0.05) is 23.8 Å². The summed E-state index contributed by atoms with van der Waals surface area (Å²) in [6.45, 7) is 0.713. The van der Waals surface area contributed by atoms with Crippen LogP contribution in [-0.4, -0.2) is 15.2 Å². The second-order valence-corrected chi connectivity index (χ2v) is 9.14. The predicted octanol–water partition coefficient (Wildman–Crippen LogP) is 5.85. The molecule has 1 atom stereocenters. The van der Waals surface area contributed by atoms with Gasteiger partial charge >= 0.3 is 0 Å². The van der Waals surface area contributed by atoms with Crippen LogP contribution >= 0.6 is 25.3 Å². The van der Waals surface area contributed by atoms with Crippen molar-refractivity contribution in [2.75, 3.05) is 0 Å². The Balaban J connectivity index is 1.35. The molecule has 178 valence electrons. The highest BCUT2D eigenvalue weighted by Crippen LogP contribution is 2.23. The Labute approximate surface area is 215 Å². The van der Waals surface area contributed by atoms with Gasteiger partial charge in [0.15, 0.2) is 10.2 Å². The van der Waals surface area contributed by atoms with Crippen molar-refractivity contribution >= 4 is 46.4 Å². The van der Waals surface area contributed by atoms with Crippen molar-refractivity contribution in [3.63, 3.8) is 0 Å². The van der Waals surface area contributed by atoms with E-state index in [1.165, 1.54) is 0 Å². The molecule has 7 heteroatoms. The number of thiol groups is 2. The molecule has 1 aromatic heterocycles. The highest BCUT2D eigenvalue weighted by atomic mass is 32.1. The van der Waals surface area contributed by atoms with Crippen molar-refractivity contribution < 1.29 is 19.1 Å². The Morgan fingerprint density at radius 3 is 2.26 bits per heavy atom. The fraction of sp³-hybridized carbons (Fsp3) is 0.179. The molecule has 4 rings (SSSR count). The topological polar surface area (TPSA) is 65.5 Å². The van der Waals surface area contributed by atoms with Gasteiger partial charge in [0.1, 0.15) is 24.7 Å². The highest BCUT2D eigenvalue weighted by Gasteiger charge is 2.18. The second-order valence-electron chi connectivity index (χ2n) is 8.20. The third kappa shape index (κ3) is 7.34. The van der Waals surface area contributed by atoms with Crippen LogP contribution < -0.4 is 9.47 Å². The smallest absolute Gasteiger partial charge is 0.189 e. The monoisotopic (exact) mass is 503 g/mol. The summed E-state index contributed by atoms with van der Waals surface area (Å²) >= 11 is 7.71. The maximum Gasteiger partial charge on any atom is 0.189 e. The summed E-state index contributed by atoms with van der Waals surface area (Å²) in [7, 11) is 0. The van der Waals surface area contributed by atoms with Crippen molar-refractivity contribution in [1.29, 1.82) is 0 Å². The number of nitrogens with zero attached hydrogens (tertiary/aromatic N) is 1. The number of carbonyl (C=O) groups excluding carboxylic acids is 2. The number of rotatable bonds is 11. The van der Waals surface area contributed by atoms with Gasteiger partial charge in [-0.2, -0.15) is 0 Å². The van der Waals surface area contributed by atoms with Crippen LogP contribution in [-0.2, 0) is 29.2 Å². The van der Waals surface area contributed by atoms with Gasteiger partial charge in [-0.1, -0.05) is 54.6 Å². The van der Waals surface area contributed by atoms with Crippen LogP contribution in [0.15, 0.2) is 84.9 Å². The minimum absolute atomic E-state index is 0.0632. The Morgan fingerprint density at radius 2 is 1.49 bits per heavy atom. The lowest BCUT2D eigenvalue weighted by Crippen LogP contribution is -2.15. The molecular weight excluding hydrogens is 478 g/mol. The van der Waals surface area contributed by atoms with Crippen LogP contribution in [0.2, 0.25) is 0 Å². The van der Waals surface area contributed by atoms with E-state index in [4.69, 9.17) is 9.47 Å². The van der Waals surface area contributed by atoms with Crippen LogP contribution in [0.4, 0.5) is 0 Å². The number of carbonyl (C=O) groups is 2. The molecule has 35 heavy (non-hydrogen) atoms. The Kier molecular flexibility index (Phi) is 8.45. The molecule has 1 unspecified atom stereocenters. The molecular formula is C28H25NO4S2. The third-order valence-corrected chi connectivity index (χ3v) is 6.05. The molecule has 4 aromatic rings. The van der Waals surface area contributed by atoms with Gasteiger partial charge in [-0.25, -0.2) is 4.98 Å². The lowest BCUT2D eigenvalue weighted by Gasteiger charge is -2.13. The molecule has 0 bridgehead atoms. The lowest BCUT2D eigenvalue weighted by molar-refractivity contribution is -0.118. The number of hydrogen-bond acceptors (Lipinski definition) is 5. The second kappa shape index (κ2) is 11.9. The van der Waals surface area contributed by atoms with Crippen LogP contribution in [0.25, 0.3) is 10.9 Å². The maximum absolute atomic E-state index is 11.8. The van der Waals surface area contributed by atoms with Crippen molar-refractivity contribution in [1.82, 2.24) is 4.98 Å². The van der Waals surface area contributed by atoms with Crippen LogP contribution in [0.1, 0.15) is 23.2 Å². The maximum atomic E-state index is 11.8. The van der Waals surface area contributed by atoms with E-state index >= 15 is 0 Å². The molecule has 0 saturated heterocycles. The molecule has 0 amide bonds. The molecule has 0 aliphatic carbocycles. The summed E-state index contributed by atoms with van der Waals surface area (Å²) in [6, 6.07) is 27.2. The lowest BCUT2D eigenvalue weighted by atomic mass is 9.97. The van der Waals surface area contributed by atoms with Crippen molar-refractivity contribution in [3.8, 4) is 11.5 Å². The zero-order valence-electron chi connectivity index (χ0n) is 19.0. The zero-order valence-corrected chi connectivity index (χ0v) is 20.8. The van der Waals surface area contributed by atoms with E-state index in [1.807, 2.05) is 84.9 Å². The van der Waals surface area contributed by atoms with Crippen LogP contribution in [0.3, 0.4) is 0 Å². The van der Waals surface area contributed by atoms with E-state index in [-0.39, 0.29) is 16.7 Å². The van der Waals surface area contributed by atoms with Crippen LogP contribution in [0, 0.1) is 5.92 Å². The molecule has 0 aliphatic heterocycles. The molecule has 0 spiro atoms. The molecule has 0 fully saturated rings. The fourth-order valence-corrected chi connectivity index (χ4v) is 4.16. The van der Waals surface area contributed by atoms with Gasteiger partial charge in [-0.15, -0.1) is 25.3 Å². The average molecular weight is 504 g/mol. The summed E-state index contributed by atoms with van der Waals surface area (Å²) in [5.41, 5.74) is 3.68. The van der Waals surface area contributed by atoms with Gasteiger partial charge in [0.05, 0.1) is 11.2 Å². The molecule has 1 heterocycles. The first-order valence-corrected chi connectivity index (χ1v) is 12.1. The van der Waals surface area contributed by atoms with E-state index in [0.717, 1.165) is 27.7 Å². The quantitative estimate of drug-likeness (QED) is 0.251. The number of para-hydroxylation sites is 1. The first-order chi connectivity index (χ1) is 17.0. The van der Waals surface area contributed by atoms with Crippen molar-refractivity contribution in [2.24, 2.45) is 5.92 Å². The average Bonchev–Trinajstić information content (AvgIpc) is 2.86. The van der Waals surface area contributed by atoms with Gasteiger partial charge in [-0.05, 0) is 41.8 Å². The van der Waals surface area contributed by atoms with E-state index in [1.54, 1.807) is 0 Å². The molecule has 0 aliphatic rings. The molecule has 0 radical (unpaired) electrons. The Bertz CT molecular complexity index is 1340. The fourth-order valence-electron chi connectivity index (χ4n) is 3.75. The summed E-state index contributed by atoms with van der Waals surface area (Å²) in [5.74, 6) is 0.881. The van der Waals surface area contributed by atoms with Crippen molar-refractivity contribution in [3.05, 3.63) is 102 Å². The van der Waals surface area contributed by atoms with E-state index in [2.05, 4.69) is 30.2 Å². The summed E-state index contributed by atoms with van der Waals surface area (Å²) in [5, 5.41) is 0.457. The summed E-state index contributed by atoms with van der Waals surface area (Å²) in [6.07, 6.45) is 0.488. The van der Waals surface area contributed by atoms with E-state index < -0.39 is 5.92 Å². The number of pyridine rings is 1. The third-order valence-electron chi connectivity index (χ3n) is 5.50. The minimum Gasteiger partial charge on any atom is -0.489 e. The number of hydrogen-bond donors (Lipinski definition) is 2. The van der Waals surface area contributed by atoms with E-state index in [0.29, 0.717) is 31.1 Å². The SMILES string of the molecule is O=C(S)CC(Cc1cccc(COc2cccc(OCc3ccc4ccccc4n3)c2)c1)C(=O)S. The van der Waals surface area contributed by atoms with E-state index in [9.17, 15) is 9.59 Å². The van der Waals surface area contributed by atoms with Gasteiger partial charge in [0.25, 0.3) is 0 Å². The van der Waals surface area contributed by atoms with Gasteiger partial charge < -0.3 is 9.47 Å². The number of benzene rings is 3. The van der Waals surface area contributed by atoms with Gasteiger partial charge in [0.2, 0.25) is 0 Å². The zero-order chi connectivity index (χ0) is 24.6. The Morgan fingerprint density at radius 1 is 0.771 bits per heavy atom. The Hall–Kier alpha value is -3.29. The van der Waals surface area contributed by atoms with Gasteiger partial charge in [-0.3, -0.25) is 9.59 Å². The summed E-state index contributed by atoms with van der Waals surface area (Å²) in [4.78, 5) is 27.7. The standard InChI is InChI=1S/C28H25NO4S2/c30-27(34)15-22(28(31)35)14-19-5-3-6-20(13-19)17-32-24-8-4-9-25(16-24)33-18-23-12-11-21-7-1-2-10-26(21)29-23/h1-13,16,22H,14-15,17-18H2,(H,30,34)(H,31,35). The minimum atomic E-state index is -0.495. The molecule has 3 aromatic carbocycles. The number of fused-ring (bicyclic) bond motifs is 1. The molecule has 0 saturated carbocycles. The van der Waals surface area contributed by atoms with Crippen molar-refractivity contribution in [2.45, 2.75) is 26.1 Å². The first kappa shape index (κ1) is 24.8. The number of aromatic nitrogens is 1. The molecule has 0 N–H and O–H groups in total. The highest BCUT2D eigenvalue weighted by molar-refractivity contribution is 7.97.